The smallest absolute Gasteiger partial charge is 0.262 e. The molecule has 0 atom stereocenters. The molecule has 0 aromatic heterocycles. The molecule has 2 aromatic carbocycles. The number of carbonyl (C=O) groups excluding carboxylic acids is 1. The van der Waals surface area contributed by atoms with E-state index < -0.39 is 26.0 Å². The zero-order valence-electron chi connectivity index (χ0n) is 15.0. The summed E-state index contributed by atoms with van der Waals surface area (Å²) < 4.78 is 53.0. The number of anilines is 2. The zero-order valence-corrected chi connectivity index (χ0v) is 16.6. The van der Waals surface area contributed by atoms with Crippen molar-refractivity contribution in [2.75, 3.05) is 14.8 Å². The van der Waals surface area contributed by atoms with Crippen LogP contribution < -0.4 is 9.03 Å². The number of benzene rings is 2. The van der Waals surface area contributed by atoms with E-state index in [1.54, 1.807) is 19.1 Å². The number of nitrogens with zero attached hydrogens (tertiary/aromatic N) is 1. The molecule has 0 aliphatic carbocycles. The van der Waals surface area contributed by atoms with Crippen LogP contribution >= 0.6 is 0 Å². The highest BCUT2D eigenvalue weighted by Crippen LogP contribution is 2.29. The molecule has 7 nitrogen and oxygen atoms in total. The summed E-state index contributed by atoms with van der Waals surface area (Å²) in [6.45, 7) is 3.61. The molecule has 144 valence electrons. The molecular formula is C18H20N2O5S2. The molecule has 1 aliphatic heterocycles. The van der Waals surface area contributed by atoms with Gasteiger partial charge < -0.3 is 0 Å². The first kappa shape index (κ1) is 19.4. The van der Waals surface area contributed by atoms with Gasteiger partial charge in [-0.15, -0.1) is 0 Å². The molecule has 0 radical (unpaired) electrons. The van der Waals surface area contributed by atoms with Crippen molar-refractivity contribution in [2.45, 2.75) is 31.6 Å². The van der Waals surface area contributed by atoms with E-state index in [0.717, 1.165) is 12.0 Å². The zero-order chi connectivity index (χ0) is 19.8. The number of rotatable bonds is 5. The lowest BCUT2D eigenvalue weighted by Gasteiger charge is -2.17. The standard InChI is InChI=1S/C18H20N2O5S2/c1-3-14-5-7-15(8-6-14)19-27(24,25)17-12-16(9-4-13(17)2)20-18(21)10-11-26(20,22)23/h4-9,12,19H,3,10-11H2,1-2H3. The van der Waals surface area contributed by atoms with Crippen LogP contribution in [0.2, 0.25) is 0 Å². The first-order valence-corrected chi connectivity index (χ1v) is 11.5. The second-order valence-corrected chi connectivity index (χ2v) is 9.92. The number of hydrogen-bond acceptors (Lipinski definition) is 5. The van der Waals surface area contributed by atoms with Gasteiger partial charge in [0, 0.05) is 12.1 Å². The molecule has 1 aliphatic rings. The van der Waals surface area contributed by atoms with E-state index >= 15 is 0 Å². The predicted octanol–water partition coefficient (Wildman–Crippen LogP) is 2.42. The molecule has 0 spiro atoms. The molecule has 1 heterocycles. The van der Waals surface area contributed by atoms with E-state index in [9.17, 15) is 21.6 Å². The molecule has 2 aromatic rings. The van der Waals surface area contributed by atoms with Crippen LogP contribution in [-0.4, -0.2) is 28.5 Å². The summed E-state index contributed by atoms with van der Waals surface area (Å²) in [7, 11) is -7.72. The van der Waals surface area contributed by atoms with Gasteiger partial charge in [0.1, 0.15) is 0 Å². The Labute approximate surface area is 159 Å². The van der Waals surface area contributed by atoms with Gasteiger partial charge in [0.2, 0.25) is 15.9 Å². The molecule has 1 N–H and O–H groups in total. The highest BCUT2D eigenvalue weighted by molar-refractivity contribution is 7.94. The Morgan fingerprint density at radius 3 is 2.33 bits per heavy atom. The molecule has 3 rings (SSSR count). The van der Waals surface area contributed by atoms with Gasteiger partial charge in [0.05, 0.1) is 16.3 Å². The maximum Gasteiger partial charge on any atom is 0.262 e. The van der Waals surface area contributed by atoms with Crippen molar-refractivity contribution in [1.82, 2.24) is 0 Å². The minimum absolute atomic E-state index is 0.0322. The second kappa shape index (κ2) is 6.97. The highest BCUT2D eigenvalue weighted by atomic mass is 32.2. The van der Waals surface area contributed by atoms with E-state index in [4.69, 9.17) is 0 Å². The van der Waals surface area contributed by atoms with E-state index in [0.29, 0.717) is 15.6 Å². The van der Waals surface area contributed by atoms with Crippen molar-refractivity contribution in [2.24, 2.45) is 0 Å². The fourth-order valence-electron chi connectivity index (χ4n) is 2.89. The average molecular weight is 409 g/mol. The summed E-state index contributed by atoms with van der Waals surface area (Å²) in [6.07, 6.45) is 0.729. The minimum atomic E-state index is -3.95. The fraction of sp³-hybridized carbons (Fsp3) is 0.278. The Balaban J connectivity index is 1.99. The van der Waals surface area contributed by atoms with Crippen LogP contribution in [0.5, 0.6) is 0 Å². The van der Waals surface area contributed by atoms with E-state index in [2.05, 4.69) is 4.72 Å². The number of aryl methyl sites for hydroxylation is 2. The lowest BCUT2D eigenvalue weighted by Crippen LogP contribution is -2.29. The third-order valence-electron chi connectivity index (χ3n) is 4.39. The minimum Gasteiger partial charge on any atom is -0.280 e. The summed E-state index contributed by atoms with van der Waals surface area (Å²) in [5.74, 6) is -0.839. The van der Waals surface area contributed by atoms with E-state index in [1.807, 2.05) is 19.1 Å². The molecule has 0 unspecified atom stereocenters. The Bertz CT molecular complexity index is 1090. The van der Waals surface area contributed by atoms with E-state index in [1.165, 1.54) is 18.2 Å². The molecule has 27 heavy (non-hydrogen) atoms. The van der Waals surface area contributed by atoms with Crippen molar-refractivity contribution in [1.29, 1.82) is 0 Å². The maximum absolute atomic E-state index is 12.8. The second-order valence-electron chi connectivity index (χ2n) is 6.33. The van der Waals surface area contributed by atoms with Gasteiger partial charge in [0.15, 0.2) is 0 Å². The van der Waals surface area contributed by atoms with Crippen molar-refractivity contribution < 1.29 is 21.6 Å². The Hall–Kier alpha value is -2.39. The number of carbonyl (C=O) groups is 1. The summed E-state index contributed by atoms with van der Waals surface area (Å²) in [4.78, 5) is 11.9. The predicted molar refractivity (Wildman–Crippen MR) is 104 cm³/mol. The monoisotopic (exact) mass is 408 g/mol. The normalized spacial score (nSPS) is 16.5. The maximum atomic E-state index is 12.8. The highest BCUT2D eigenvalue weighted by Gasteiger charge is 2.37. The SMILES string of the molecule is CCc1ccc(NS(=O)(=O)c2cc(N3C(=O)CCS3(=O)=O)ccc2C)cc1. The summed E-state index contributed by atoms with van der Waals surface area (Å²) in [6, 6.07) is 11.1. The van der Waals surface area contributed by atoms with Gasteiger partial charge >= 0.3 is 0 Å². The first-order valence-electron chi connectivity index (χ1n) is 8.42. The van der Waals surface area contributed by atoms with Crippen molar-refractivity contribution >= 4 is 37.3 Å². The van der Waals surface area contributed by atoms with Crippen LogP contribution in [-0.2, 0) is 31.3 Å². The van der Waals surface area contributed by atoms with Crippen molar-refractivity contribution in [3.63, 3.8) is 0 Å². The van der Waals surface area contributed by atoms with E-state index in [-0.39, 0.29) is 22.8 Å². The quantitative estimate of drug-likeness (QED) is 0.819. The van der Waals surface area contributed by atoms with Crippen LogP contribution in [0.4, 0.5) is 11.4 Å². The molecule has 0 saturated carbocycles. The first-order chi connectivity index (χ1) is 12.6. The molecular weight excluding hydrogens is 388 g/mol. The molecule has 1 saturated heterocycles. The topological polar surface area (TPSA) is 101 Å². The lowest BCUT2D eigenvalue weighted by atomic mass is 10.2. The number of sulfonamides is 2. The largest absolute Gasteiger partial charge is 0.280 e. The molecule has 9 heteroatoms. The average Bonchev–Trinajstić information content (AvgIpc) is 2.89. The summed E-state index contributed by atoms with van der Waals surface area (Å²) in [5, 5.41) is 0. The molecule has 1 fully saturated rings. The van der Waals surface area contributed by atoms with Crippen LogP contribution in [0, 0.1) is 6.92 Å². The van der Waals surface area contributed by atoms with Crippen LogP contribution in [0.1, 0.15) is 24.5 Å². The molecule has 1 amide bonds. The number of nitrogens with one attached hydrogen (secondary N) is 1. The number of hydrogen-bond donors (Lipinski definition) is 1. The number of amides is 1. The van der Waals surface area contributed by atoms with Crippen molar-refractivity contribution in [3.05, 3.63) is 53.6 Å². The summed E-state index contributed by atoms with van der Waals surface area (Å²) >= 11 is 0. The van der Waals surface area contributed by atoms with Gasteiger partial charge in [0.25, 0.3) is 10.0 Å². The van der Waals surface area contributed by atoms with Gasteiger partial charge in [-0.3, -0.25) is 9.52 Å². The van der Waals surface area contributed by atoms with Gasteiger partial charge in [-0.05, 0) is 48.7 Å². The Morgan fingerprint density at radius 1 is 1.11 bits per heavy atom. The molecule has 0 bridgehead atoms. The third kappa shape index (κ3) is 3.84. The van der Waals surface area contributed by atoms with Gasteiger partial charge in [-0.2, -0.15) is 0 Å². The van der Waals surface area contributed by atoms with Crippen molar-refractivity contribution in [3.8, 4) is 0 Å². The van der Waals surface area contributed by atoms with Gasteiger partial charge in [-0.1, -0.05) is 25.1 Å². The fourth-order valence-corrected chi connectivity index (χ4v) is 5.67. The summed E-state index contributed by atoms with van der Waals surface area (Å²) in [5.41, 5.74) is 1.96. The van der Waals surface area contributed by atoms with Crippen LogP contribution in [0.25, 0.3) is 0 Å². The Morgan fingerprint density at radius 2 is 1.78 bits per heavy atom. The lowest BCUT2D eigenvalue weighted by molar-refractivity contribution is -0.116. The third-order valence-corrected chi connectivity index (χ3v) is 7.60. The van der Waals surface area contributed by atoms with Crippen LogP contribution in [0.3, 0.4) is 0 Å². The Kier molecular flexibility index (Phi) is 5.00. The van der Waals surface area contributed by atoms with Crippen LogP contribution in [0.15, 0.2) is 47.4 Å². The van der Waals surface area contributed by atoms with Gasteiger partial charge in [-0.25, -0.2) is 21.1 Å².